The first-order valence-electron chi connectivity index (χ1n) is 20.2. The van der Waals surface area contributed by atoms with E-state index in [-0.39, 0.29) is 41.7 Å². The molecular weight excluding hydrogens is 706 g/mol. The molecule has 10 nitrogen and oxygen atoms in total. The second-order valence-electron chi connectivity index (χ2n) is 16.5. The number of carbonyl (C=O) groups is 2. The van der Waals surface area contributed by atoms with Gasteiger partial charge in [0.05, 0.1) is 17.3 Å². The lowest BCUT2D eigenvalue weighted by atomic mass is 9.57. The number of likely N-dealkylation sites (tertiary alicyclic amines) is 3. The van der Waals surface area contributed by atoms with E-state index < -0.39 is 15.1 Å². The number of piperidine rings is 1. The number of ether oxygens (including phenoxy) is 1. The van der Waals surface area contributed by atoms with Crippen molar-refractivity contribution >= 4 is 27.5 Å². The first kappa shape index (κ1) is 38.8. The Morgan fingerprint density at radius 2 is 1.67 bits per heavy atom. The molecule has 54 heavy (non-hydrogen) atoms. The fourth-order valence-corrected chi connectivity index (χ4v) is 12.1. The number of amides is 2. The molecule has 5 fully saturated rings. The molecule has 4 atom stereocenters. The molecule has 1 aliphatic carbocycles. The van der Waals surface area contributed by atoms with Crippen molar-refractivity contribution in [2.45, 2.75) is 79.4 Å². The number of halogens is 1. The molecule has 1 N–H and O–H groups in total. The van der Waals surface area contributed by atoms with E-state index in [1.54, 1.807) is 23.1 Å². The summed E-state index contributed by atoms with van der Waals surface area (Å²) in [6.45, 7) is 12.2. The number of sulfone groups is 1. The summed E-state index contributed by atoms with van der Waals surface area (Å²) >= 11 is 0. The number of hydrogen-bond donors (Lipinski definition) is 1. The molecule has 294 valence electrons. The van der Waals surface area contributed by atoms with Gasteiger partial charge in [-0.15, -0.1) is 0 Å². The van der Waals surface area contributed by atoms with E-state index in [0.717, 1.165) is 109 Å². The van der Waals surface area contributed by atoms with E-state index in [1.807, 2.05) is 18.2 Å². The molecule has 0 aromatic heterocycles. The van der Waals surface area contributed by atoms with Crippen LogP contribution >= 0.6 is 0 Å². The predicted octanol–water partition coefficient (Wildman–Crippen LogP) is 5.48. The number of anilines is 1. The Labute approximate surface area is 321 Å². The van der Waals surface area contributed by atoms with Crippen LogP contribution in [0.2, 0.25) is 0 Å². The Bertz CT molecular complexity index is 1740. The van der Waals surface area contributed by atoms with Crippen molar-refractivity contribution in [2.75, 3.05) is 77.5 Å². The standard InChI is InChI=1S/C42H58FN5O5S/c1-3-40(49)47-22-5-4-11-37(29-47)54(51,52)36-16-14-35(15-17-36)48-27-31(28-48)26-45-23-18-32(19-24-45)42(30-46-20-8-21-46,33-9-6-10-34(43)25-33)38-12-7-13-39(38)44-41(50)53-2/h3,6,9-10,14-17,25,31-32,37-39H,1,4-5,7-8,11-13,18-24,26-30H2,2H3,(H,44,50)/t37-,38+,39+,42+/m1/s1. The van der Waals surface area contributed by atoms with Crippen LogP contribution in [0.3, 0.4) is 0 Å². The molecule has 0 radical (unpaired) electrons. The molecule has 4 saturated heterocycles. The maximum atomic E-state index is 15.0. The average molecular weight is 764 g/mol. The molecular formula is C42H58FN5O5S. The van der Waals surface area contributed by atoms with E-state index in [0.29, 0.717) is 29.7 Å². The SMILES string of the molecule is C=CC(=O)N1CCCC[C@@H](S(=O)(=O)c2ccc(N3CC(CN4CCC([C@@](CN5CCC5)(c5cccc(F)c5)[C@H]5CCC[C@@H]5NC(=O)OC)CC4)C3)cc2)C1. The molecule has 2 aromatic rings. The van der Waals surface area contributed by atoms with Gasteiger partial charge in [-0.25, -0.2) is 17.6 Å². The van der Waals surface area contributed by atoms with Gasteiger partial charge in [0.15, 0.2) is 9.84 Å². The number of alkyl carbamates (subject to hydrolysis) is 1. The molecule has 0 bridgehead atoms. The minimum absolute atomic E-state index is 0.00894. The van der Waals surface area contributed by atoms with Gasteiger partial charge in [-0.1, -0.05) is 31.6 Å². The molecule has 12 heteroatoms. The highest BCUT2D eigenvalue weighted by Gasteiger charge is 2.53. The molecule has 2 aromatic carbocycles. The van der Waals surface area contributed by atoms with Crippen LogP contribution in [-0.4, -0.2) is 119 Å². The smallest absolute Gasteiger partial charge is 0.407 e. The van der Waals surface area contributed by atoms with Crippen molar-refractivity contribution in [2.24, 2.45) is 17.8 Å². The van der Waals surface area contributed by atoms with Crippen LogP contribution in [0, 0.1) is 23.6 Å². The van der Waals surface area contributed by atoms with Gasteiger partial charge in [0.2, 0.25) is 5.91 Å². The normalized spacial score (nSPS) is 25.9. The van der Waals surface area contributed by atoms with Gasteiger partial charge in [0.1, 0.15) is 5.82 Å². The third-order valence-electron chi connectivity index (χ3n) is 13.3. The number of carbonyl (C=O) groups excluding carboxylic acids is 2. The molecule has 0 spiro atoms. The van der Waals surface area contributed by atoms with Crippen LogP contribution < -0.4 is 10.2 Å². The maximum Gasteiger partial charge on any atom is 0.407 e. The quantitative estimate of drug-likeness (QED) is 0.284. The number of methoxy groups -OCH3 is 1. The number of nitrogens with one attached hydrogen (secondary N) is 1. The minimum atomic E-state index is -3.58. The Morgan fingerprint density at radius 1 is 0.907 bits per heavy atom. The van der Waals surface area contributed by atoms with Gasteiger partial charge in [-0.2, -0.15) is 0 Å². The summed E-state index contributed by atoms with van der Waals surface area (Å²) in [6.07, 6.45) is 9.17. The van der Waals surface area contributed by atoms with Gasteiger partial charge >= 0.3 is 6.09 Å². The average Bonchev–Trinajstić information content (AvgIpc) is 3.45. The second-order valence-corrected chi connectivity index (χ2v) is 18.7. The summed E-state index contributed by atoms with van der Waals surface area (Å²) in [7, 11) is -2.16. The second kappa shape index (κ2) is 16.7. The van der Waals surface area contributed by atoms with E-state index in [9.17, 15) is 18.0 Å². The molecule has 4 heterocycles. The zero-order valence-electron chi connectivity index (χ0n) is 31.8. The largest absolute Gasteiger partial charge is 0.453 e. The molecule has 7 rings (SSSR count). The number of rotatable bonds is 12. The van der Waals surface area contributed by atoms with Crippen molar-refractivity contribution in [1.29, 1.82) is 0 Å². The van der Waals surface area contributed by atoms with Crippen LogP contribution in [0.15, 0.2) is 66.1 Å². The first-order valence-corrected chi connectivity index (χ1v) is 21.7. The van der Waals surface area contributed by atoms with Crippen LogP contribution in [0.1, 0.15) is 63.4 Å². The molecule has 0 unspecified atom stereocenters. The zero-order chi connectivity index (χ0) is 37.9. The lowest BCUT2D eigenvalue weighted by Crippen LogP contribution is -2.60. The van der Waals surface area contributed by atoms with Gasteiger partial charge in [0.25, 0.3) is 0 Å². The summed E-state index contributed by atoms with van der Waals surface area (Å²) < 4.78 is 47.3. The summed E-state index contributed by atoms with van der Waals surface area (Å²) in [4.78, 5) is 34.2. The molecule has 5 aliphatic rings. The molecule has 2 amide bonds. The third kappa shape index (κ3) is 8.07. The zero-order valence-corrected chi connectivity index (χ0v) is 32.7. The summed E-state index contributed by atoms with van der Waals surface area (Å²) in [5.74, 6) is 0.669. The van der Waals surface area contributed by atoms with Crippen LogP contribution in [0.5, 0.6) is 0 Å². The van der Waals surface area contributed by atoms with Crippen molar-refractivity contribution in [3.05, 3.63) is 72.6 Å². The fraction of sp³-hybridized carbons (Fsp3) is 0.619. The van der Waals surface area contributed by atoms with Gasteiger partial charge in [0, 0.05) is 62.3 Å². The number of nitrogens with zero attached hydrogens (tertiary/aromatic N) is 4. The molecule has 4 aliphatic heterocycles. The lowest BCUT2D eigenvalue weighted by Gasteiger charge is -2.54. The van der Waals surface area contributed by atoms with Gasteiger partial charge < -0.3 is 29.7 Å². The van der Waals surface area contributed by atoms with E-state index >= 15 is 4.39 Å². The van der Waals surface area contributed by atoms with E-state index in [2.05, 4.69) is 32.7 Å². The van der Waals surface area contributed by atoms with Crippen molar-refractivity contribution in [1.82, 2.24) is 20.0 Å². The number of hydrogen-bond acceptors (Lipinski definition) is 8. The number of benzene rings is 2. The monoisotopic (exact) mass is 763 g/mol. The Balaban J connectivity index is 0.982. The highest BCUT2D eigenvalue weighted by atomic mass is 32.2. The third-order valence-corrected chi connectivity index (χ3v) is 15.5. The molecule has 1 saturated carbocycles. The lowest BCUT2D eigenvalue weighted by molar-refractivity contribution is -0.125. The van der Waals surface area contributed by atoms with Crippen LogP contribution in [-0.2, 0) is 24.8 Å². The fourth-order valence-electron chi connectivity index (χ4n) is 10.4. The maximum absolute atomic E-state index is 15.0. The predicted molar refractivity (Wildman–Crippen MR) is 209 cm³/mol. The van der Waals surface area contributed by atoms with E-state index in [1.165, 1.54) is 25.7 Å². The van der Waals surface area contributed by atoms with Crippen LogP contribution in [0.4, 0.5) is 14.9 Å². The highest BCUT2D eigenvalue weighted by molar-refractivity contribution is 7.92. The van der Waals surface area contributed by atoms with Crippen molar-refractivity contribution in [3.63, 3.8) is 0 Å². The summed E-state index contributed by atoms with van der Waals surface area (Å²) in [5.41, 5.74) is 1.83. The van der Waals surface area contributed by atoms with Crippen molar-refractivity contribution in [3.8, 4) is 0 Å². The summed E-state index contributed by atoms with van der Waals surface area (Å²) in [5, 5.41) is 2.57. The van der Waals surface area contributed by atoms with Gasteiger partial charge in [-0.05, 0) is 131 Å². The topological polar surface area (TPSA) is 103 Å². The Kier molecular flexibility index (Phi) is 12.0. The Morgan fingerprint density at radius 3 is 2.33 bits per heavy atom. The minimum Gasteiger partial charge on any atom is -0.453 e. The van der Waals surface area contributed by atoms with Crippen LogP contribution in [0.25, 0.3) is 0 Å². The van der Waals surface area contributed by atoms with Gasteiger partial charge in [-0.3, -0.25) is 4.79 Å². The Hall–Kier alpha value is -3.48. The first-order chi connectivity index (χ1) is 26.1. The highest BCUT2D eigenvalue weighted by Crippen LogP contribution is 2.51. The van der Waals surface area contributed by atoms with E-state index in [4.69, 9.17) is 4.74 Å². The summed E-state index contributed by atoms with van der Waals surface area (Å²) in [6, 6.07) is 14.6. The van der Waals surface area contributed by atoms with Crippen molar-refractivity contribution < 1.29 is 27.1 Å².